The van der Waals surface area contributed by atoms with Gasteiger partial charge in [0.1, 0.15) is 18.2 Å². The van der Waals surface area contributed by atoms with E-state index in [9.17, 15) is 10.1 Å². The van der Waals surface area contributed by atoms with Crippen molar-refractivity contribution in [2.45, 2.75) is 33.5 Å². The standard InChI is InChI=1S/C36H34F2N4O6/c1-5-44-36(43)31(22(2)3)48-32-29(37)34(46-26-13-9-12-25(19-26)33-40-16-17-42(33)4)41-35(30(32)38)47-28-18-24(20-39)14-15-27(28)45-21-23-10-7-6-8-11-23/h6-15,18-19,22,31H,5,16-17,21H2,1-4H3. The Morgan fingerprint density at radius 3 is 2.40 bits per heavy atom. The maximum Gasteiger partial charge on any atom is 0.347 e. The molecule has 0 bridgehead atoms. The molecule has 0 saturated carbocycles. The number of halogens is 2. The number of esters is 1. The van der Waals surface area contributed by atoms with Crippen LogP contribution in [0.2, 0.25) is 0 Å². The third kappa shape index (κ3) is 7.81. The Balaban J connectivity index is 1.56. The summed E-state index contributed by atoms with van der Waals surface area (Å²) in [5.74, 6) is -5.38. The summed E-state index contributed by atoms with van der Waals surface area (Å²) in [4.78, 5) is 23.2. The lowest BCUT2D eigenvalue weighted by molar-refractivity contribution is -0.153. The molecule has 1 aliphatic heterocycles. The topological polar surface area (TPSA) is 116 Å². The van der Waals surface area contributed by atoms with Crippen molar-refractivity contribution in [3.63, 3.8) is 0 Å². The van der Waals surface area contributed by atoms with Crippen LogP contribution in [0, 0.1) is 28.9 Å². The number of nitriles is 1. The third-order valence-electron chi connectivity index (χ3n) is 7.23. The van der Waals surface area contributed by atoms with Crippen molar-refractivity contribution in [1.29, 1.82) is 5.26 Å². The largest absolute Gasteiger partial charge is 0.485 e. The SMILES string of the molecule is CCOC(=O)C(Oc1c(F)c(Oc2cccc(C3=NCCN3C)c2)nc(Oc2cc(C#N)ccc2OCc2ccccc2)c1F)C(C)C. The lowest BCUT2D eigenvalue weighted by atomic mass is 10.1. The molecule has 1 unspecified atom stereocenters. The molecule has 5 rings (SSSR count). The molecular weight excluding hydrogens is 622 g/mol. The number of rotatable bonds is 13. The average Bonchev–Trinajstić information content (AvgIpc) is 3.52. The number of aromatic nitrogens is 1. The number of benzene rings is 3. The van der Waals surface area contributed by atoms with E-state index in [0.717, 1.165) is 23.5 Å². The van der Waals surface area contributed by atoms with Gasteiger partial charge in [0.05, 0.1) is 24.8 Å². The quantitative estimate of drug-likeness (QED) is 0.140. The normalized spacial score (nSPS) is 13.0. The van der Waals surface area contributed by atoms with Crippen LogP contribution in [0.4, 0.5) is 8.78 Å². The smallest absolute Gasteiger partial charge is 0.347 e. The van der Waals surface area contributed by atoms with Crippen LogP contribution in [0.15, 0.2) is 77.8 Å². The van der Waals surface area contributed by atoms with Gasteiger partial charge in [0.2, 0.25) is 17.4 Å². The lowest BCUT2D eigenvalue weighted by Crippen LogP contribution is -2.35. The summed E-state index contributed by atoms with van der Waals surface area (Å²) in [7, 11) is 1.90. The van der Waals surface area contributed by atoms with E-state index >= 15 is 8.78 Å². The predicted octanol–water partition coefficient (Wildman–Crippen LogP) is 7.05. The molecule has 1 aliphatic rings. The molecule has 0 spiro atoms. The molecule has 0 N–H and O–H groups in total. The van der Waals surface area contributed by atoms with E-state index in [1.165, 1.54) is 18.2 Å². The van der Waals surface area contributed by atoms with Crippen molar-refractivity contribution in [2.75, 3.05) is 26.7 Å². The van der Waals surface area contributed by atoms with E-state index in [-0.39, 0.29) is 36.0 Å². The number of pyridine rings is 1. The number of carbonyl (C=O) groups is 1. The summed E-state index contributed by atoms with van der Waals surface area (Å²) in [5, 5.41) is 9.55. The van der Waals surface area contributed by atoms with Crippen molar-refractivity contribution >= 4 is 11.8 Å². The summed E-state index contributed by atoms with van der Waals surface area (Å²) in [6.45, 7) is 6.45. The minimum Gasteiger partial charge on any atom is -0.485 e. The number of carbonyl (C=O) groups excluding carboxylic acids is 1. The van der Waals surface area contributed by atoms with Gasteiger partial charge in [0.15, 0.2) is 17.6 Å². The fourth-order valence-electron chi connectivity index (χ4n) is 4.80. The Bertz CT molecular complexity index is 1840. The third-order valence-corrected chi connectivity index (χ3v) is 7.23. The molecule has 1 aromatic heterocycles. The molecule has 0 saturated heterocycles. The lowest BCUT2D eigenvalue weighted by Gasteiger charge is -2.22. The molecule has 2 heterocycles. The number of nitrogens with zero attached hydrogens (tertiary/aromatic N) is 4. The van der Waals surface area contributed by atoms with Crippen molar-refractivity contribution < 1.29 is 37.3 Å². The van der Waals surface area contributed by atoms with Gasteiger partial charge in [-0.15, -0.1) is 0 Å². The monoisotopic (exact) mass is 656 g/mol. The Labute approximate surface area is 277 Å². The van der Waals surface area contributed by atoms with Crippen molar-refractivity contribution in [3.05, 3.63) is 101 Å². The van der Waals surface area contributed by atoms with Crippen molar-refractivity contribution in [3.8, 4) is 40.8 Å². The van der Waals surface area contributed by atoms with Crippen molar-refractivity contribution in [2.24, 2.45) is 10.9 Å². The summed E-state index contributed by atoms with van der Waals surface area (Å²) in [6, 6.07) is 22.4. The molecule has 12 heteroatoms. The highest BCUT2D eigenvalue weighted by Gasteiger charge is 2.33. The molecule has 0 radical (unpaired) electrons. The highest BCUT2D eigenvalue weighted by Crippen LogP contribution is 2.41. The Hall–Kier alpha value is -5.70. The van der Waals surface area contributed by atoms with Gasteiger partial charge in [-0.2, -0.15) is 19.0 Å². The van der Waals surface area contributed by atoms with Crippen molar-refractivity contribution in [1.82, 2.24) is 9.88 Å². The molecule has 0 amide bonds. The summed E-state index contributed by atoms with van der Waals surface area (Å²) in [5.41, 5.74) is 1.76. The summed E-state index contributed by atoms with van der Waals surface area (Å²) >= 11 is 0. The number of ether oxygens (including phenoxy) is 5. The van der Waals surface area contributed by atoms with Crippen LogP contribution in [0.1, 0.15) is 37.5 Å². The van der Waals surface area contributed by atoms with Gasteiger partial charge in [-0.3, -0.25) is 4.99 Å². The number of amidine groups is 1. The first kappa shape index (κ1) is 33.7. The van der Waals surface area contributed by atoms with Gasteiger partial charge in [-0.05, 0) is 36.8 Å². The van der Waals surface area contributed by atoms with Crippen LogP contribution < -0.4 is 18.9 Å². The molecule has 1 atom stereocenters. The molecule has 248 valence electrons. The minimum absolute atomic E-state index is 0.0350. The second kappa shape index (κ2) is 15.3. The first-order chi connectivity index (χ1) is 23.2. The molecule has 48 heavy (non-hydrogen) atoms. The molecule has 0 aliphatic carbocycles. The van der Waals surface area contributed by atoms with Crippen LogP contribution in [0.3, 0.4) is 0 Å². The van der Waals surface area contributed by atoms with E-state index in [1.807, 2.05) is 54.4 Å². The second-order valence-electron chi connectivity index (χ2n) is 11.1. The fraction of sp³-hybridized carbons (Fsp3) is 0.278. The van der Waals surface area contributed by atoms with Gasteiger partial charge in [0, 0.05) is 31.1 Å². The highest BCUT2D eigenvalue weighted by molar-refractivity contribution is 5.99. The predicted molar refractivity (Wildman–Crippen MR) is 173 cm³/mol. The van der Waals surface area contributed by atoms with E-state index < -0.39 is 47.1 Å². The summed E-state index contributed by atoms with van der Waals surface area (Å²) in [6.07, 6.45) is -1.37. The van der Waals surface area contributed by atoms with E-state index in [2.05, 4.69) is 9.98 Å². The van der Waals surface area contributed by atoms with Crippen LogP contribution in [-0.2, 0) is 16.1 Å². The highest BCUT2D eigenvalue weighted by atomic mass is 19.1. The van der Waals surface area contributed by atoms with Crippen LogP contribution in [-0.4, -0.2) is 54.5 Å². The van der Waals surface area contributed by atoms with E-state index in [0.29, 0.717) is 6.54 Å². The fourth-order valence-corrected chi connectivity index (χ4v) is 4.80. The first-order valence-corrected chi connectivity index (χ1v) is 15.3. The summed E-state index contributed by atoms with van der Waals surface area (Å²) < 4.78 is 60.8. The number of likely N-dealkylation sites (N-methyl/N-ethyl adjacent to an activating group) is 1. The minimum atomic E-state index is -1.37. The maximum atomic E-state index is 16.2. The first-order valence-electron chi connectivity index (χ1n) is 15.3. The second-order valence-corrected chi connectivity index (χ2v) is 11.1. The van der Waals surface area contributed by atoms with Gasteiger partial charge >= 0.3 is 5.97 Å². The van der Waals surface area contributed by atoms with E-state index in [4.69, 9.17) is 23.7 Å². The van der Waals surface area contributed by atoms with Gasteiger partial charge in [-0.1, -0.05) is 56.3 Å². The van der Waals surface area contributed by atoms with Crippen LogP contribution >= 0.6 is 0 Å². The number of aliphatic imine (C=N–C) groups is 1. The van der Waals surface area contributed by atoms with Crippen LogP contribution in [0.25, 0.3) is 0 Å². The van der Waals surface area contributed by atoms with E-state index in [1.54, 1.807) is 39.0 Å². The van der Waals surface area contributed by atoms with Gasteiger partial charge in [-0.25, -0.2) is 4.79 Å². The molecule has 10 nitrogen and oxygen atoms in total. The Morgan fingerprint density at radius 2 is 1.73 bits per heavy atom. The Kier molecular flexibility index (Phi) is 10.7. The molecule has 3 aromatic carbocycles. The zero-order valence-electron chi connectivity index (χ0n) is 26.9. The zero-order valence-corrected chi connectivity index (χ0v) is 26.9. The van der Waals surface area contributed by atoms with Gasteiger partial charge in [0.25, 0.3) is 11.8 Å². The average molecular weight is 657 g/mol. The molecule has 4 aromatic rings. The van der Waals surface area contributed by atoms with Crippen LogP contribution in [0.5, 0.6) is 34.8 Å². The molecule has 0 fully saturated rings. The zero-order chi connectivity index (χ0) is 34.2. The van der Waals surface area contributed by atoms with Gasteiger partial charge < -0.3 is 28.6 Å². The number of hydrogen-bond acceptors (Lipinski definition) is 10. The molecular formula is C36H34F2N4O6. The number of hydrogen-bond donors (Lipinski definition) is 0. The maximum absolute atomic E-state index is 16.2. The Morgan fingerprint density at radius 1 is 0.979 bits per heavy atom.